The van der Waals surface area contributed by atoms with Crippen LogP contribution in [0.5, 0.6) is 0 Å². The van der Waals surface area contributed by atoms with Crippen molar-refractivity contribution in [2.75, 3.05) is 19.3 Å². The van der Waals surface area contributed by atoms with Crippen molar-refractivity contribution in [3.8, 4) is 0 Å². The van der Waals surface area contributed by atoms with Crippen LogP contribution in [0, 0.1) is 0 Å². The van der Waals surface area contributed by atoms with Crippen LogP contribution >= 0.6 is 0 Å². The molecule has 2 rings (SSSR count). The van der Waals surface area contributed by atoms with E-state index < -0.39 is 58.5 Å². The van der Waals surface area contributed by atoms with Gasteiger partial charge in [-0.3, -0.25) is 23.5 Å². The Hall–Kier alpha value is -1.72. The third-order valence-electron chi connectivity index (χ3n) is 4.17. The lowest BCUT2D eigenvalue weighted by atomic mass is 9.92. The average Bonchev–Trinajstić information content (AvgIpc) is 2.82. The van der Waals surface area contributed by atoms with Gasteiger partial charge in [0.25, 0.3) is 10.1 Å². The molecule has 2 fully saturated rings. The first-order valence-corrected chi connectivity index (χ1v) is 9.93. The zero-order chi connectivity index (χ0) is 19.6. The van der Waals surface area contributed by atoms with Crippen LogP contribution in [0.15, 0.2) is 0 Å². The van der Waals surface area contributed by atoms with Crippen LogP contribution < -0.4 is 0 Å². The van der Waals surface area contributed by atoms with E-state index in [1.807, 2.05) is 4.90 Å². The Labute approximate surface area is 151 Å². The van der Waals surface area contributed by atoms with E-state index in [4.69, 9.17) is 18.4 Å². The molecule has 0 amide bonds. The highest BCUT2D eigenvalue weighted by Gasteiger charge is 2.55. The molecule has 5 atom stereocenters. The zero-order valence-corrected chi connectivity index (χ0v) is 15.9. The maximum absolute atomic E-state index is 11.7. The molecule has 11 heteroatoms. The van der Waals surface area contributed by atoms with Crippen molar-refractivity contribution < 1.29 is 41.2 Å². The average molecular weight is 393 g/mol. The van der Waals surface area contributed by atoms with Gasteiger partial charge in [-0.1, -0.05) is 0 Å². The molecule has 2 aliphatic heterocycles. The predicted molar refractivity (Wildman–Crippen MR) is 86.4 cm³/mol. The van der Waals surface area contributed by atoms with E-state index in [1.165, 1.54) is 20.8 Å². The van der Waals surface area contributed by atoms with Crippen molar-refractivity contribution in [1.29, 1.82) is 0 Å². The minimum absolute atomic E-state index is 0.167. The Bertz CT molecular complexity index is 677. The van der Waals surface area contributed by atoms with Crippen LogP contribution in [-0.2, 0) is 42.9 Å². The number of carbonyl (C=O) groups is 3. The SMILES string of the molecule is CC(=O)O[C@H]1[C@@H](OS(C)(=O)=O)[C@@H](OC(C)=O)CN2CC[C@H](OC(C)=O)[C@H]12. The Morgan fingerprint density at radius 2 is 1.42 bits per heavy atom. The maximum Gasteiger partial charge on any atom is 0.303 e. The Morgan fingerprint density at radius 1 is 0.885 bits per heavy atom. The number of fused-ring (bicyclic) bond motifs is 1. The molecule has 0 unspecified atom stereocenters. The molecule has 148 valence electrons. The highest BCUT2D eigenvalue weighted by molar-refractivity contribution is 7.86. The highest BCUT2D eigenvalue weighted by atomic mass is 32.2. The molecule has 2 saturated heterocycles. The first-order chi connectivity index (χ1) is 12.0. The van der Waals surface area contributed by atoms with E-state index in [1.54, 1.807) is 0 Å². The molecule has 0 aromatic heterocycles. The topological polar surface area (TPSA) is 126 Å². The van der Waals surface area contributed by atoms with Gasteiger partial charge in [-0.2, -0.15) is 8.42 Å². The van der Waals surface area contributed by atoms with Gasteiger partial charge in [0.1, 0.15) is 12.2 Å². The smallest absolute Gasteiger partial charge is 0.303 e. The van der Waals surface area contributed by atoms with Crippen LogP contribution in [0.2, 0.25) is 0 Å². The number of ether oxygens (including phenoxy) is 3. The van der Waals surface area contributed by atoms with E-state index in [0.717, 1.165) is 6.26 Å². The number of piperidine rings is 1. The van der Waals surface area contributed by atoms with Crippen molar-refractivity contribution in [1.82, 2.24) is 4.90 Å². The van der Waals surface area contributed by atoms with E-state index in [0.29, 0.717) is 13.0 Å². The molecule has 0 saturated carbocycles. The van der Waals surface area contributed by atoms with Gasteiger partial charge in [0.05, 0.1) is 12.3 Å². The minimum Gasteiger partial charge on any atom is -0.461 e. The minimum atomic E-state index is -3.94. The molecule has 2 heterocycles. The molecule has 0 bridgehead atoms. The van der Waals surface area contributed by atoms with E-state index >= 15 is 0 Å². The van der Waals surface area contributed by atoms with Gasteiger partial charge in [-0.05, 0) is 6.42 Å². The molecule has 0 aromatic rings. The molecule has 0 aliphatic carbocycles. The summed E-state index contributed by atoms with van der Waals surface area (Å²) in [6.07, 6.45) is -2.56. The van der Waals surface area contributed by atoms with Crippen molar-refractivity contribution >= 4 is 28.0 Å². The molecule has 0 radical (unpaired) electrons. The van der Waals surface area contributed by atoms with Crippen molar-refractivity contribution in [2.45, 2.75) is 57.6 Å². The first kappa shape index (κ1) is 20.6. The van der Waals surface area contributed by atoms with Gasteiger partial charge < -0.3 is 14.2 Å². The Balaban J connectivity index is 2.40. The summed E-state index contributed by atoms with van der Waals surface area (Å²) in [5, 5.41) is 0. The quantitative estimate of drug-likeness (QED) is 0.333. The molecule has 2 aliphatic rings. The van der Waals surface area contributed by atoms with Gasteiger partial charge in [-0.25, -0.2) is 0 Å². The van der Waals surface area contributed by atoms with Crippen molar-refractivity contribution in [3.05, 3.63) is 0 Å². The summed E-state index contributed by atoms with van der Waals surface area (Å²) in [5.74, 6) is -1.78. The van der Waals surface area contributed by atoms with E-state index in [9.17, 15) is 22.8 Å². The zero-order valence-electron chi connectivity index (χ0n) is 15.0. The van der Waals surface area contributed by atoms with Gasteiger partial charge in [0.2, 0.25) is 0 Å². The predicted octanol–water partition coefficient (Wildman–Crippen LogP) is -0.786. The van der Waals surface area contributed by atoms with Crippen LogP contribution in [-0.4, -0.2) is 81.0 Å². The van der Waals surface area contributed by atoms with E-state index in [-0.39, 0.29) is 6.54 Å². The Morgan fingerprint density at radius 3 is 1.92 bits per heavy atom. The van der Waals surface area contributed by atoms with Gasteiger partial charge in [-0.15, -0.1) is 0 Å². The lowest BCUT2D eigenvalue weighted by molar-refractivity contribution is -0.189. The third kappa shape index (κ3) is 5.15. The summed E-state index contributed by atoms with van der Waals surface area (Å²) < 4.78 is 44.4. The summed E-state index contributed by atoms with van der Waals surface area (Å²) in [7, 11) is -3.94. The fourth-order valence-electron chi connectivity index (χ4n) is 3.53. The summed E-state index contributed by atoms with van der Waals surface area (Å²) in [5.41, 5.74) is 0. The summed E-state index contributed by atoms with van der Waals surface area (Å²) in [6.45, 7) is 4.30. The number of hydrogen-bond donors (Lipinski definition) is 0. The summed E-state index contributed by atoms with van der Waals surface area (Å²) in [6, 6.07) is -0.596. The number of carbonyl (C=O) groups excluding carboxylic acids is 3. The second kappa shape index (κ2) is 7.89. The van der Waals surface area contributed by atoms with Crippen LogP contribution in [0.3, 0.4) is 0 Å². The number of rotatable bonds is 5. The lowest BCUT2D eigenvalue weighted by Gasteiger charge is -2.45. The highest BCUT2D eigenvalue weighted by Crippen LogP contribution is 2.35. The fraction of sp³-hybridized carbons (Fsp3) is 0.800. The number of hydrogen-bond acceptors (Lipinski definition) is 10. The van der Waals surface area contributed by atoms with Crippen LogP contribution in [0.1, 0.15) is 27.2 Å². The summed E-state index contributed by atoms with van der Waals surface area (Å²) in [4.78, 5) is 36.3. The first-order valence-electron chi connectivity index (χ1n) is 8.12. The van der Waals surface area contributed by atoms with Crippen molar-refractivity contribution in [3.63, 3.8) is 0 Å². The molecule has 26 heavy (non-hydrogen) atoms. The molecule has 0 spiro atoms. The standard InChI is InChI=1S/C15H23NO9S/c1-8(17)22-11-5-6-16-7-12(23-9(2)18)14(25-26(4,20)21)15(13(11)16)24-10(3)19/h11-15H,5-7H2,1-4H3/t11-,12-,13+,14-,15+/m0/s1. The summed E-state index contributed by atoms with van der Waals surface area (Å²) >= 11 is 0. The monoisotopic (exact) mass is 393 g/mol. The van der Waals surface area contributed by atoms with E-state index in [2.05, 4.69) is 0 Å². The van der Waals surface area contributed by atoms with Gasteiger partial charge >= 0.3 is 17.9 Å². The largest absolute Gasteiger partial charge is 0.461 e. The molecular weight excluding hydrogens is 370 g/mol. The maximum atomic E-state index is 11.7. The van der Waals surface area contributed by atoms with Gasteiger partial charge in [0.15, 0.2) is 12.2 Å². The normalized spacial score (nSPS) is 31.8. The third-order valence-corrected chi connectivity index (χ3v) is 4.74. The lowest BCUT2D eigenvalue weighted by Crippen LogP contribution is -2.64. The second-order valence-corrected chi connectivity index (χ2v) is 8.01. The molecule has 0 N–H and O–H groups in total. The number of nitrogens with zero attached hydrogens (tertiary/aromatic N) is 1. The molecule has 10 nitrogen and oxygen atoms in total. The molecule has 0 aromatic carbocycles. The van der Waals surface area contributed by atoms with Gasteiger partial charge in [0, 0.05) is 33.9 Å². The van der Waals surface area contributed by atoms with Crippen LogP contribution in [0.25, 0.3) is 0 Å². The second-order valence-electron chi connectivity index (χ2n) is 6.41. The van der Waals surface area contributed by atoms with Crippen molar-refractivity contribution in [2.24, 2.45) is 0 Å². The molecular formula is C15H23NO9S. The van der Waals surface area contributed by atoms with Crippen LogP contribution in [0.4, 0.5) is 0 Å². The fourth-order valence-corrected chi connectivity index (χ4v) is 4.16. The number of esters is 3. The Kier molecular flexibility index (Phi) is 6.25.